The first-order chi connectivity index (χ1) is 10.3. The van der Waals surface area contributed by atoms with Gasteiger partial charge in [0, 0.05) is 0 Å². The van der Waals surface area contributed by atoms with Gasteiger partial charge >= 0.3 is 5.97 Å². The molecule has 0 bridgehead atoms. The van der Waals surface area contributed by atoms with Crippen LogP contribution >= 0.6 is 0 Å². The van der Waals surface area contributed by atoms with Gasteiger partial charge in [-0.05, 0) is 44.4 Å². The average molecular weight is 331 g/mol. The maximum Gasteiger partial charge on any atom is 0.329 e. The quantitative estimate of drug-likeness (QED) is 0.813. The molecule has 6 nitrogen and oxygen atoms in total. The molecule has 1 unspecified atom stereocenters. The fourth-order valence-electron chi connectivity index (χ4n) is 3.54. The average Bonchev–Trinajstić information content (AvgIpc) is 2.47. The Morgan fingerprint density at radius 1 is 1.18 bits per heavy atom. The Morgan fingerprint density at radius 3 is 2.32 bits per heavy atom. The van der Waals surface area contributed by atoms with Gasteiger partial charge in [0.25, 0.3) is 0 Å². The maximum absolute atomic E-state index is 12.4. The Kier molecular flexibility index (Phi) is 5.14. The number of carbonyl (C=O) groups excluding carboxylic acids is 1. The van der Waals surface area contributed by atoms with E-state index in [2.05, 4.69) is 12.2 Å². The van der Waals surface area contributed by atoms with Crippen molar-refractivity contribution in [1.29, 1.82) is 0 Å². The number of carbonyl (C=O) groups is 2. The van der Waals surface area contributed by atoms with Crippen molar-refractivity contribution in [2.45, 2.75) is 69.1 Å². The van der Waals surface area contributed by atoms with E-state index in [9.17, 15) is 23.1 Å². The van der Waals surface area contributed by atoms with Crippen LogP contribution in [0.1, 0.15) is 58.3 Å². The lowest BCUT2D eigenvalue weighted by Gasteiger charge is -2.38. The zero-order chi connectivity index (χ0) is 16.4. The van der Waals surface area contributed by atoms with Crippen molar-refractivity contribution in [3.8, 4) is 0 Å². The lowest BCUT2D eigenvalue weighted by atomic mass is 9.75. The van der Waals surface area contributed by atoms with Crippen molar-refractivity contribution >= 4 is 21.7 Å². The summed E-state index contributed by atoms with van der Waals surface area (Å²) in [6, 6.07) is 0. The van der Waals surface area contributed by atoms with Gasteiger partial charge in [0.1, 0.15) is 10.8 Å². The third-order valence-corrected chi connectivity index (χ3v) is 7.35. The normalized spacial score (nSPS) is 34.8. The van der Waals surface area contributed by atoms with Gasteiger partial charge in [-0.15, -0.1) is 0 Å². The van der Waals surface area contributed by atoms with E-state index >= 15 is 0 Å². The molecule has 1 aliphatic heterocycles. The molecule has 2 fully saturated rings. The Bertz CT molecular complexity index is 534. The van der Waals surface area contributed by atoms with Crippen LogP contribution < -0.4 is 5.32 Å². The molecule has 1 aliphatic carbocycles. The Labute approximate surface area is 131 Å². The minimum absolute atomic E-state index is 0.0169. The summed E-state index contributed by atoms with van der Waals surface area (Å²) in [5, 5.41) is 11.1. The number of nitrogens with one attached hydrogen (secondary N) is 1. The molecule has 2 aliphatic rings. The van der Waals surface area contributed by atoms with Crippen LogP contribution in [0.3, 0.4) is 0 Å². The van der Waals surface area contributed by atoms with Crippen molar-refractivity contribution in [3.05, 3.63) is 0 Å². The predicted molar refractivity (Wildman–Crippen MR) is 82.2 cm³/mol. The summed E-state index contributed by atoms with van der Waals surface area (Å²) in [4.78, 5) is 24.1. The zero-order valence-corrected chi connectivity index (χ0v) is 13.8. The topological polar surface area (TPSA) is 101 Å². The summed E-state index contributed by atoms with van der Waals surface area (Å²) in [5.74, 6) is -1.17. The molecule has 0 spiro atoms. The van der Waals surface area contributed by atoms with E-state index in [0.717, 1.165) is 19.3 Å². The molecule has 1 saturated carbocycles. The Balaban J connectivity index is 2.11. The van der Waals surface area contributed by atoms with Crippen LogP contribution in [0.5, 0.6) is 0 Å². The minimum Gasteiger partial charge on any atom is -0.480 e. The second kappa shape index (κ2) is 6.56. The highest BCUT2D eigenvalue weighted by atomic mass is 32.2. The number of hydrogen-bond acceptors (Lipinski definition) is 4. The molecule has 0 aromatic carbocycles. The van der Waals surface area contributed by atoms with E-state index in [4.69, 9.17) is 0 Å². The van der Waals surface area contributed by atoms with E-state index in [1.54, 1.807) is 0 Å². The maximum atomic E-state index is 12.4. The van der Waals surface area contributed by atoms with Crippen molar-refractivity contribution in [1.82, 2.24) is 5.32 Å². The zero-order valence-electron chi connectivity index (χ0n) is 13.0. The molecule has 0 radical (unpaired) electrons. The molecule has 126 valence electrons. The van der Waals surface area contributed by atoms with Gasteiger partial charge in [-0.25, -0.2) is 13.2 Å². The molecule has 1 heterocycles. The number of rotatable bonds is 4. The number of sulfone groups is 1. The highest BCUT2D eigenvalue weighted by Crippen LogP contribution is 2.34. The number of amides is 1. The third-order valence-electron chi connectivity index (χ3n) is 5.18. The van der Waals surface area contributed by atoms with Gasteiger partial charge in [-0.3, -0.25) is 4.79 Å². The van der Waals surface area contributed by atoms with Gasteiger partial charge in [0.15, 0.2) is 9.84 Å². The van der Waals surface area contributed by atoms with Crippen LogP contribution in [0.4, 0.5) is 0 Å². The van der Waals surface area contributed by atoms with E-state index in [0.29, 0.717) is 38.0 Å². The standard InChI is InChI=1S/C15H25NO5S/c1-2-11-6-8-15(9-7-11,14(18)19)16-13(17)12-5-3-4-10-22(12,20)21/h11-12H,2-10H2,1H3,(H,16,17)(H,18,19). The monoisotopic (exact) mass is 331 g/mol. The van der Waals surface area contributed by atoms with Crippen molar-refractivity contribution < 1.29 is 23.1 Å². The number of carboxylic acids is 1. The molecule has 1 amide bonds. The first kappa shape index (κ1) is 17.2. The van der Waals surface area contributed by atoms with Gasteiger partial charge in [0.05, 0.1) is 5.75 Å². The van der Waals surface area contributed by atoms with E-state index in [1.807, 2.05) is 0 Å². The van der Waals surface area contributed by atoms with Gasteiger partial charge in [-0.2, -0.15) is 0 Å². The fourth-order valence-corrected chi connectivity index (χ4v) is 5.34. The van der Waals surface area contributed by atoms with E-state index < -0.39 is 32.5 Å². The summed E-state index contributed by atoms with van der Waals surface area (Å²) in [5.41, 5.74) is -1.30. The molecule has 0 aromatic rings. The van der Waals surface area contributed by atoms with Gasteiger partial charge in [-0.1, -0.05) is 19.8 Å². The van der Waals surface area contributed by atoms with Gasteiger partial charge in [0.2, 0.25) is 5.91 Å². The molecule has 22 heavy (non-hydrogen) atoms. The molecule has 2 rings (SSSR count). The summed E-state index contributed by atoms with van der Waals surface area (Å²) >= 11 is 0. The summed E-state index contributed by atoms with van der Waals surface area (Å²) in [7, 11) is -3.45. The first-order valence-electron chi connectivity index (χ1n) is 8.08. The van der Waals surface area contributed by atoms with Gasteiger partial charge < -0.3 is 10.4 Å². The second-order valence-electron chi connectivity index (χ2n) is 6.58. The summed E-state index contributed by atoms with van der Waals surface area (Å²) in [6.07, 6.45) is 4.81. The van der Waals surface area contributed by atoms with Crippen molar-refractivity contribution in [2.75, 3.05) is 5.75 Å². The van der Waals surface area contributed by atoms with E-state index in [1.165, 1.54) is 0 Å². The Morgan fingerprint density at radius 2 is 1.82 bits per heavy atom. The Hall–Kier alpha value is -1.11. The fraction of sp³-hybridized carbons (Fsp3) is 0.867. The minimum atomic E-state index is -3.45. The second-order valence-corrected chi connectivity index (χ2v) is 8.88. The summed E-state index contributed by atoms with van der Waals surface area (Å²) in [6.45, 7) is 2.08. The molecule has 2 N–H and O–H groups in total. The number of hydrogen-bond donors (Lipinski definition) is 2. The largest absolute Gasteiger partial charge is 0.480 e. The van der Waals surface area contributed by atoms with Crippen LogP contribution in [0.2, 0.25) is 0 Å². The van der Waals surface area contributed by atoms with Crippen LogP contribution in [0.25, 0.3) is 0 Å². The van der Waals surface area contributed by atoms with Crippen LogP contribution in [0, 0.1) is 5.92 Å². The molecule has 0 aromatic heterocycles. The van der Waals surface area contributed by atoms with Crippen molar-refractivity contribution in [2.24, 2.45) is 5.92 Å². The van der Waals surface area contributed by atoms with Crippen LogP contribution in [-0.2, 0) is 19.4 Å². The molecular weight excluding hydrogens is 306 g/mol. The lowest BCUT2D eigenvalue weighted by Crippen LogP contribution is -2.59. The number of carboxylic acid groups (broad SMARTS) is 1. The highest BCUT2D eigenvalue weighted by molar-refractivity contribution is 7.92. The van der Waals surface area contributed by atoms with Crippen LogP contribution in [-0.4, -0.2) is 41.9 Å². The molecular formula is C15H25NO5S. The third kappa shape index (κ3) is 3.45. The van der Waals surface area contributed by atoms with Crippen LogP contribution in [0.15, 0.2) is 0 Å². The first-order valence-corrected chi connectivity index (χ1v) is 9.79. The smallest absolute Gasteiger partial charge is 0.329 e. The SMILES string of the molecule is CCC1CCC(NC(=O)C2CCCCS2(=O)=O)(C(=O)O)CC1. The molecule has 1 saturated heterocycles. The molecule has 7 heteroatoms. The number of aliphatic carboxylic acids is 1. The lowest BCUT2D eigenvalue weighted by molar-refractivity contribution is -0.149. The highest BCUT2D eigenvalue weighted by Gasteiger charge is 2.45. The molecule has 1 atom stereocenters. The summed E-state index contributed by atoms with van der Waals surface area (Å²) < 4.78 is 24.1. The van der Waals surface area contributed by atoms with Crippen molar-refractivity contribution in [3.63, 3.8) is 0 Å². The van der Waals surface area contributed by atoms with E-state index in [-0.39, 0.29) is 5.75 Å². The predicted octanol–water partition coefficient (Wildman–Crippen LogP) is 1.49.